The molecule has 152 valence electrons. The number of nitrogens with one attached hydrogen (secondary N) is 2. The molecule has 1 aliphatic rings. The molecule has 0 saturated carbocycles. The van der Waals surface area contributed by atoms with E-state index in [2.05, 4.69) is 53.6 Å². The van der Waals surface area contributed by atoms with E-state index in [1.54, 1.807) is 7.05 Å². The first-order chi connectivity index (χ1) is 12.5. The van der Waals surface area contributed by atoms with Gasteiger partial charge in [0.05, 0.1) is 0 Å². The van der Waals surface area contributed by atoms with E-state index in [1.807, 2.05) is 17.0 Å². The molecule has 0 radical (unpaired) electrons. The van der Waals surface area contributed by atoms with E-state index in [0.29, 0.717) is 19.0 Å². The number of amides is 1. The van der Waals surface area contributed by atoms with Crippen LogP contribution in [0, 0.1) is 0 Å². The summed E-state index contributed by atoms with van der Waals surface area (Å²) in [4.78, 5) is 20.3. The van der Waals surface area contributed by atoms with Crippen LogP contribution in [0.25, 0.3) is 0 Å². The van der Waals surface area contributed by atoms with Crippen molar-refractivity contribution in [3.8, 4) is 0 Å². The fraction of sp³-hybridized carbons (Fsp3) is 0.600. The SMILES string of the molecule is CCC(C)N(C)CCNC(=NC)NCc1ccc(N2CCCC2=O)cc1.I. The Bertz CT molecular complexity index is 605. The van der Waals surface area contributed by atoms with Gasteiger partial charge in [-0.2, -0.15) is 0 Å². The van der Waals surface area contributed by atoms with Crippen LogP contribution in [0.15, 0.2) is 29.3 Å². The number of hydrogen-bond donors (Lipinski definition) is 2. The molecule has 1 saturated heterocycles. The molecule has 27 heavy (non-hydrogen) atoms. The highest BCUT2D eigenvalue weighted by atomic mass is 127. The first kappa shape index (κ1) is 23.7. The molecule has 1 amide bonds. The molecule has 1 aliphatic heterocycles. The van der Waals surface area contributed by atoms with E-state index >= 15 is 0 Å². The van der Waals surface area contributed by atoms with Gasteiger partial charge in [-0.3, -0.25) is 9.79 Å². The number of aliphatic imine (C=N–C) groups is 1. The minimum absolute atomic E-state index is 0. The van der Waals surface area contributed by atoms with Crippen LogP contribution in [0.1, 0.15) is 38.7 Å². The Hall–Kier alpha value is -1.35. The topological polar surface area (TPSA) is 60.0 Å². The van der Waals surface area contributed by atoms with Crippen LogP contribution < -0.4 is 15.5 Å². The van der Waals surface area contributed by atoms with Crippen molar-refractivity contribution in [3.05, 3.63) is 29.8 Å². The molecule has 1 aromatic carbocycles. The third-order valence-electron chi connectivity index (χ3n) is 5.11. The first-order valence-electron chi connectivity index (χ1n) is 9.59. The summed E-state index contributed by atoms with van der Waals surface area (Å²) in [5, 5.41) is 6.70. The van der Waals surface area contributed by atoms with Crippen molar-refractivity contribution in [2.45, 2.75) is 45.7 Å². The summed E-state index contributed by atoms with van der Waals surface area (Å²) in [5.41, 5.74) is 2.16. The summed E-state index contributed by atoms with van der Waals surface area (Å²) in [6, 6.07) is 8.78. The molecule has 1 fully saturated rings. The van der Waals surface area contributed by atoms with Crippen molar-refractivity contribution in [2.75, 3.05) is 38.6 Å². The van der Waals surface area contributed by atoms with Crippen LogP contribution in [0.2, 0.25) is 0 Å². The van der Waals surface area contributed by atoms with E-state index in [0.717, 1.165) is 44.1 Å². The van der Waals surface area contributed by atoms with E-state index in [-0.39, 0.29) is 29.9 Å². The second-order valence-electron chi connectivity index (χ2n) is 6.91. The lowest BCUT2D eigenvalue weighted by Crippen LogP contribution is -2.42. The number of carbonyl (C=O) groups excluding carboxylic acids is 1. The van der Waals surface area contributed by atoms with Crippen LogP contribution in [-0.2, 0) is 11.3 Å². The van der Waals surface area contributed by atoms with Crippen LogP contribution >= 0.6 is 24.0 Å². The van der Waals surface area contributed by atoms with Gasteiger partial charge in [-0.15, -0.1) is 24.0 Å². The fourth-order valence-corrected chi connectivity index (χ4v) is 3.00. The van der Waals surface area contributed by atoms with E-state index in [4.69, 9.17) is 0 Å². The minimum Gasteiger partial charge on any atom is -0.355 e. The summed E-state index contributed by atoms with van der Waals surface area (Å²) in [7, 11) is 3.94. The number of benzene rings is 1. The van der Waals surface area contributed by atoms with E-state index in [9.17, 15) is 4.79 Å². The Balaban J connectivity index is 0.00000364. The molecule has 2 N–H and O–H groups in total. The molecule has 6 nitrogen and oxygen atoms in total. The third-order valence-corrected chi connectivity index (χ3v) is 5.11. The third kappa shape index (κ3) is 7.29. The molecule has 1 heterocycles. The summed E-state index contributed by atoms with van der Waals surface area (Å²) in [5.74, 6) is 1.03. The predicted molar refractivity (Wildman–Crippen MR) is 124 cm³/mol. The quantitative estimate of drug-likeness (QED) is 0.337. The summed E-state index contributed by atoms with van der Waals surface area (Å²) < 4.78 is 0. The molecule has 1 atom stereocenters. The van der Waals surface area contributed by atoms with Crippen LogP contribution in [-0.4, -0.2) is 56.5 Å². The van der Waals surface area contributed by atoms with Crippen molar-refractivity contribution in [3.63, 3.8) is 0 Å². The number of carbonyl (C=O) groups is 1. The summed E-state index contributed by atoms with van der Waals surface area (Å²) in [6.07, 6.45) is 2.77. The molecular formula is C20H34IN5O. The van der Waals surface area contributed by atoms with E-state index < -0.39 is 0 Å². The van der Waals surface area contributed by atoms with Crippen molar-refractivity contribution in [1.82, 2.24) is 15.5 Å². The van der Waals surface area contributed by atoms with Gasteiger partial charge in [0.25, 0.3) is 0 Å². The lowest BCUT2D eigenvalue weighted by Gasteiger charge is -2.24. The zero-order valence-electron chi connectivity index (χ0n) is 17.0. The summed E-state index contributed by atoms with van der Waals surface area (Å²) >= 11 is 0. The van der Waals surface area contributed by atoms with Gasteiger partial charge in [-0.25, -0.2) is 0 Å². The number of nitrogens with zero attached hydrogens (tertiary/aromatic N) is 3. The Kier molecular flexibility index (Phi) is 10.7. The minimum atomic E-state index is 0. The van der Waals surface area contributed by atoms with Gasteiger partial charge in [0.15, 0.2) is 5.96 Å². The van der Waals surface area contributed by atoms with Crippen molar-refractivity contribution < 1.29 is 4.79 Å². The zero-order valence-corrected chi connectivity index (χ0v) is 19.3. The van der Waals surface area contributed by atoms with Crippen LogP contribution in [0.4, 0.5) is 5.69 Å². The second kappa shape index (κ2) is 12.2. The number of hydrogen-bond acceptors (Lipinski definition) is 3. The van der Waals surface area contributed by atoms with Gasteiger partial charge < -0.3 is 20.4 Å². The largest absolute Gasteiger partial charge is 0.355 e. The predicted octanol–water partition coefficient (Wildman–Crippen LogP) is 2.83. The smallest absolute Gasteiger partial charge is 0.227 e. The van der Waals surface area contributed by atoms with Crippen LogP contribution in [0.5, 0.6) is 0 Å². The Morgan fingerprint density at radius 3 is 2.56 bits per heavy atom. The fourth-order valence-electron chi connectivity index (χ4n) is 3.00. The number of rotatable bonds is 8. The summed E-state index contributed by atoms with van der Waals surface area (Å²) in [6.45, 7) is 7.82. The zero-order chi connectivity index (χ0) is 18.9. The molecular weight excluding hydrogens is 453 g/mol. The molecule has 1 unspecified atom stereocenters. The number of halogens is 1. The lowest BCUT2D eigenvalue weighted by atomic mass is 10.2. The maximum atomic E-state index is 11.8. The molecule has 2 rings (SSSR count). The molecule has 1 aromatic rings. The average molecular weight is 487 g/mol. The highest BCUT2D eigenvalue weighted by Crippen LogP contribution is 2.21. The average Bonchev–Trinajstić information content (AvgIpc) is 3.10. The lowest BCUT2D eigenvalue weighted by molar-refractivity contribution is -0.117. The molecule has 0 bridgehead atoms. The Labute approximate surface area is 180 Å². The van der Waals surface area contributed by atoms with E-state index in [1.165, 1.54) is 5.56 Å². The Morgan fingerprint density at radius 1 is 1.30 bits per heavy atom. The Morgan fingerprint density at radius 2 is 2.00 bits per heavy atom. The highest BCUT2D eigenvalue weighted by molar-refractivity contribution is 14.0. The number of guanidine groups is 1. The molecule has 0 aromatic heterocycles. The van der Waals surface area contributed by atoms with Crippen molar-refractivity contribution in [1.29, 1.82) is 0 Å². The van der Waals surface area contributed by atoms with Gasteiger partial charge in [0, 0.05) is 51.4 Å². The van der Waals surface area contributed by atoms with Gasteiger partial charge in [0.1, 0.15) is 0 Å². The van der Waals surface area contributed by atoms with Crippen LogP contribution in [0.3, 0.4) is 0 Å². The van der Waals surface area contributed by atoms with Crippen molar-refractivity contribution in [2.24, 2.45) is 4.99 Å². The normalized spacial score (nSPS) is 15.7. The highest BCUT2D eigenvalue weighted by Gasteiger charge is 2.21. The maximum Gasteiger partial charge on any atom is 0.227 e. The van der Waals surface area contributed by atoms with Gasteiger partial charge >= 0.3 is 0 Å². The number of likely N-dealkylation sites (N-methyl/N-ethyl adjacent to an activating group) is 1. The molecule has 7 heteroatoms. The van der Waals surface area contributed by atoms with Crippen molar-refractivity contribution >= 4 is 41.5 Å². The maximum absolute atomic E-state index is 11.8. The number of anilines is 1. The second-order valence-corrected chi connectivity index (χ2v) is 6.91. The van der Waals surface area contributed by atoms with Gasteiger partial charge in [-0.1, -0.05) is 19.1 Å². The van der Waals surface area contributed by atoms with Gasteiger partial charge in [0.2, 0.25) is 5.91 Å². The monoisotopic (exact) mass is 487 g/mol. The van der Waals surface area contributed by atoms with Gasteiger partial charge in [-0.05, 0) is 44.5 Å². The standard InChI is InChI=1S/C20H33N5O.HI/c1-5-16(2)24(4)14-12-22-20(21-3)23-15-17-8-10-18(11-9-17)25-13-6-7-19(25)26;/h8-11,16H,5-7,12-15H2,1-4H3,(H2,21,22,23);1H. The first-order valence-corrected chi connectivity index (χ1v) is 9.59. The molecule has 0 aliphatic carbocycles. The molecule has 0 spiro atoms.